The van der Waals surface area contributed by atoms with Crippen LogP contribution in [0, 0.1) is 36.0 Å². The number of nitrogens with zero attached hydrogens (tertiary/aromatic N) is 4. The smallest absolute Gasteiger partial charge is 0.433 e. The summed E-state index contributed by atoms with van der Waals surface area (Å²) in [7, 11) is 1.25. The Balaban J connectivity index is 1.33. The summed E-state index contributed by atoms with van der Waals surface area (Å²) in [5, 5.41) is 12.9. The molecule has 4 aliphatic rings. The number of hydrogen-bond acceptors (Lipinski definition) is 7. The summed E-state index contributed by atoms with van der Waals surface area (Å²) in [4.78, 5) is 61.7. The van der Waals surface area contributed by atoms with E-state index in [1.165, 1.54) is 11.9 Å². The molecule has 4 amide bonds. The number of halogens is 4. The average molecular weight is 679 g/mol. The Labute approximate surface area is 278 Å². The standard InChI is InChI=1S/C35H30ClF3N4O5/c1-17-8-7-11-21(28(17)44)27-19-12-13-20-26(22(19)16-23-31(46)42(33(48)34(23,27)2)18-9-5-4-6-10-18)32(47)43(30(20)45)41(3)29-24(36)14-15-25(40-29)35(37,38)39/h4-12,14-15,20,22-23,26-27,44H,13,16H2,1-3H3/t20-,22+,23-,26-,27+,34+/m0/s1. The van der Waals surface area contributed by atoms with E-state index in [4.69, 9.17) is 11.6 Å². The van der Waals surface area contributed by atoms with Crippen molar-refractivity contribution in [3.63, 3.8) is 0 Å². The van der Waals surface area contributed by atoms with E-state index >= 15 is 0 Å². The lowest BCUT2D eigenvalue weighted by Gasteiger charge is -2.49. The number of anilines is 2. The summed E-state index contributed by atoms with van der Waals surface area (Å²) < 4.78 is 40.6. The molecule has 0 bridgehead atoms. The van der Waals surface area contributed by atoms with Crippen LogP contribution < -0.4 is 9.91 Å². The first-order chi connectivity index (χ1) is 22.7. The van der Waals surface area contributed by atoms with Crippen LogP contribution in [0.15, 0.2) is 72.3 Å². The number of rotatable bonds is 4. The number of fused-ring (bicyclic) bond motifs is 4. The number of allylic oxidation sites excluding steroid dienone is 2. The highest BCUT2D eigenvalue weighted by molar-refractivity contribution is 6.33. The largest absolute Gasteiger partial charge is 0.507 e. The van der Waals surface area contributed by atoms with Crippen LogP contribution >= 0.6 is 11.6 Å². The third kappa shape index (κ3) is 4.41. The number of imide groups is 2. The van der Waals surface area contributed by atoms with E-state index < -0.39 is 76.3 Å². The predicted molar refractivity (Wildman–Crippen MR) is 168 cm³/mol. The van der Waals surface area contributed by atoms with Gasteiger partial charge < -0.3 is 5.11 Å². The van der Waals surface area contributed by atoms with Gasteiger partial charge in [0.1, 0.15) is 11.4 Å². The van der Waals surface area contributed by atoms with E-state index in [1.807, 2.05) is 6.08 Å². The molecule has 13 heteroatoms. The molecule has 48 heavy (non-hydrogen) atoms. The van der Waals surface area contributed by atoms with Crippen molar-refractivity contribution in [1.29, 1.82) is 0 Å². The van der Waals surface area contributed by atoms with Gasteiger partial charge in [0.2, 0.25) is 11.8 Å². The quantitative estimate of drug-likeness (QED) is 0.264. The average Bonchev–Trinajstić information content (AvgIpc) is 3.42. The van der Waals surface area contributed by atoms with E-state index in [0.29, 0.717) is 28.5 Å². The van der Waals surface area contributed by atoms with Gasteiger partial charge in [0.05, 0.1) is 33.9 Å². The molecule has 7 rings (SSSR count). The van der Waals surface area contributed by atoms with Crippen molar-refractivity contribution in [1.82, 2.24) is 9.99 Å². The second-order valence-electron chi connectivity index (χ2n) is 13.0. The van der Waals surface area contributed by atoms with Crippen molar-refractivity contribution in [2.75, 3.05) is 17.0 Å². The van der Waals surface area contributed by atoms with E-state index in [-0.39, 0.29) is 23.6 Å². The lowest BCUT2D eigenvalue weighted by molar-refractivity contribution is -0.141. The molecule has 9 nitrogen and oxygen atoms in total. The fourth-order valence-electron chi connectivity index (χ4n) is 8.29. The highest BCUT2D eigenvalue weighted by Crippen LogP contribution is 2.64. The van der Waals surface area contributed by atoms with E-state index in [2.05, 4.69) is 4.98 Å². The lowest BCUT2D eigenvalue weighted by Crippen LogP contribution is -2.49. The lowest BCUT2D eigenvalue weighted by atomic mass is 9.51. The number of phenols is 1. The zero-order valence-corrected chi connectivity index (χ0v) is 26.8. The van der Waals surface area contributed by atoms with Gasteiger partial charge in [-0.1, -0.05) is 59.6 Å². The third-order valence-corrected chi connectivity index (χ3v) is 10.9. The zero-order chi connectivity index (χ0) is 34.4. The van der Waals surface area contributed by atoms with Crippen LogP contribution in [0.3, 0.4) is 0 Å². The summed E-state index contributed by atoms with van der Waals surface area (Å²) in [6.07, 6.45) is -2.80. The van der Waals surface area contributed by atoms with Gasteiger partial charge in [-0.15, -0.1) is 0 Å². The maximum absolute atomic E-state index is 14.5. The van der Waals surface area contributed by atoms with Gasteiger partial charge in [0.25, 0.3) is 11.8 Å². The van der Waals surface area contributed by atoms with Gasteiger partial charge in [-0.05, 0) is 62.4 Å². The summed E-state index contributed by atoms with van der Waals surface area (Å²) in [6.45, 7) is 3.45. The minimum absolute atomic E-state index is 0.0370. The first-order valence-corrected chi connectivity index (χ1v) is 15.8. The van der Waals surface area contributed by atoms with Gasteiger partial charge in [0, 0.05) is 18.5 Å². The fraction of sp³-hybridized carbons (Fsp3) is 0.343. The Hall–Kier alpha value is -4.71. The van der Waals surface area contributed by atoms with Crippen molar-refractivity contribution in [3.05, 3.63) is 94.2 Å². The molecule has 3 aromatic rings. The molecular weight excluding hydrogens is 649 g/mol. The minimum Gasteiger partial charge on any atom is -0.507 e. The number of amides is 4. The minimum atomic E-state index is -4.80. The number of hydrazine groups is 1. The van der Waals surface area contributed by atoms with Crippen LogP contribution in [0.2, 0.25) is 5.02 Å². The number of pyridine rings is 1. The number of carbonyl (C=O) groups is 4. The van der Waals surface area contributed by atoms with Gasteiger partial charge in [-0.2, -0.15) is 18.2 Å². The number of carbonyl (C=O) groups excluding carboxylic acids is 4. The second kappa shape index (κ2) is 10.9. The summed E-state index contributed by atoms with van der Waals surface area (Å²) in [5.41, 5.74) is -0.535. The highest BCUT2D eigenvalue weighted by Gasteiger charge is 2.68. The molecule has 2 aliphatic carbocycles. The molecule has 0 spiro atoms. The normalized spacial score (nSPS) is 28.3. The van der Waals surface area contributed by atoms with Gasteiger partial charge in [-0.3, -0.25) is 24.2 Å². The molecular formula is C35H30ClF3N4O5. The molecule has 2 aromatic carbocycles. The Bertz CT molecular complexity index is 1930. The number of aromatic hydroxyl groups is 1. The third-order valence-electron chi connectivity index (χ3n) is 10.6. The van der Waals surface area contributed by atoms with Crippen molar-refractivity contribution < 1.29 is 37.5 Å². The Kier molecular flexibility index (Phi) is 7.24. The van der Waals surface area contributed by atoms with Gasteiger partial charge in [-0.25, -0.2) is 9.88 Å². The van der Waals surface area contributed by atoms with Crippen molar-refractivity contribution >= 4 is 46.7 Å². The molecule has 1 saturated carbocycles. The summed E-state index contributed by atoms with van der Waals surface area (Å²) in [6, 6.07) is 15.4. The zero-order valence-electron chi connectivity index (χ0n) is 26.0. The number of phenolic OH excluding ortho intramolecular Hbond substituents is 1. The van der Waals surface area contributed by atoms with E-state index in [9.17, 15) is 37.5 Å². The maximum atomic E-state index is 14.5. The first kappa shape index (κ1) is 31.9. The van der Waals surface area contributed by atoms with Gasteiger partial charge in [0.15, 0.2) is 5.82 Å². The number of aryl methyl sites for hydroxylation is 1. The molecule has 2 saturated heterocycles. The molecule has 0 unspecified atom stereocenters. The Morgan fingerprint density at radius 1 is 0.958 bits per heavy atom. The van der Waals surface area contributed by atoms with Crippen LogP contribution in [-0.4, -0.2) is 45.8 Å². The number of hydrogen-bond donors (Lipinski definition) is 1. The number of aromatic nitrogens is 1. The second-order valence-corrected chi connectivity index (χ2v) is 13.4. The van der Waals surface area contributed by atoms with Gasteiger partial charge >= 0.3 is 6.18 Å². The maximum Gasteiger partial charge on any atom is 0.433 e. The van der Waals surface area contributed by atoms with Crippen LogP contribution in [0.4, 0.5) is 24.7 Å². The molecule has 248 valence electrons. The van der Waals surface area contributed by atoms with Crippen molar-refractivity contribution in [2.24, 2.45) is 29.1 Å². The molecule has 3 fully saturated rings. The number of benzene rings is 2. The SMILES string of the molecule is Cc1cccc([C@H]2C3=CC[C@@H]4C(=O)N(N(C)c5nc(C(F)(F)F)ccc5Cl)C(=O)[C@@H]4[C@@H]3C[C@H]3C(=O)N(c4ccccc4)C(=O)[C@@]23C)c1O. The molecule has 1 N–H and O–H groups in total. The fourth-order valence-corrected chi connectivity index (χ4v) is 8.51. The Morgan fingerprint density at radius 3 is 2.35 bits per heavy atom. The molecule has 0 radical (unpaired) electrons. The monoisotopic (exact) mass is 678 g/mol. The van der Waals surface area contributed by atoms with Crippen LogP contribution in [0.5, 0.6) is 5.75 Å². The molecule has 2 aliphatic heterocycles. The molecule has 3 heterocycles. The summed E-state index contributed by atoms with van der Waals surface area (Å²) >= 11 is 6.23. The van der Waals surface area contributed by atoms with E-state index in [1.54, 1.807) is 62.4 Å². The van der Waals surface area contributed by atoms with Crippen LogP contribution in [0.1, 0.15) is 42.5 Å². The molecule has 1 aromatic heterocycles. The topological polar surface area (TPSA) is 111 Å². The van der Waals surface area contributed by atoms with E-state index in [0.717, 1.165) is 16.1 Å². The predicted octanol–water partition coefficient (Wildman–Crippen LogP) is 6.05. The Morgan fingerprint density at radius 2 is 1.67 bits per heavy atom. The summed E-state index contributed by atoms with van der Waals surface area (Å²) in [5.74, 6) is -6.95. The number of para-hydroxylation sites is 2. The van der Waals surface area contributed by atoms with Crippen molar-refractivity contribution in [3.8, 4) is 5.75 Å². The number of alkyl halides is 3. The first-order valence-electron chi connectivity index (χ1n) is 15.4. The highest BCUT2D eigenvalue weighted by atomic mass is 35.5. The molecule has 6 atom stereocenters. The van der Waals surface area contributed by atoms with Crippen LogP contribution in [-0.2, 0) is 25.4 Å². The van der Waals surface area contributed by atoms with Crippen molar-refractivity contribution in [2.45, 2.75) is 38.8 Å². The van der Waals surface area contributed by atoms with Crippen LogP contribution in [0.25, 0.3) is 0 Å².